The molecule has 2 N–H and O–H groups in total. The lowest BCUT2D eigenvalue weighted by atomic mass is 9.94. The standard InChI is InChI=1S/C23H28ClN3O4S/c1-16-13-17(2)15-27(14-16)32(30,31)19-9-7-18(8-10-19)26-22(28)11-12-25-23(29)20-5-3-4-6-21(20)24/h3-10,16-17H,11-15H2,1-2H3,(H,25,29)(H,26,28)/t16-,17-/m1/s1. The van der Waals surface area contributed by atoms with Gasteiger partial charge in [0.15, 0.2) is 0 Å². The first kappa shape index (κ1) is 24.2. The highest BCUT2D eigenvalue weighted by molar-refractivity contribution is 7.89. The minimum Gasteiger partial charge on any atom is -0.351 e. The lowest BCUT2D eigenvalue weighted by molar-refractivity contribution is -0.116. The fraction of sp³-hybridized carbons (Fsp3) is 0.391. The molecule has 1 aliphatic rings. The molecule has 0 saturated carbocycles. The average Bonchev–Trinajstić information content (AvgIpc) is 2.73. The number of nitrogens with one attached hydrogen (secondary N) is 2. The molecule has 0 radical (unpaired) electrons. The maximum atomic E-state index is 12.9. The van der Waals surface area contributed by atoms with Crippen molar-refractivity contribution in [3.8, 4) is 0 Å². The molecule has 2 atom stereocenters. The number of amides is 2. The highest BCUT2D eigenvalue weighted by atomic mass is 35.5. The van der Waals surface area contributed by atoms with Gasteiger partial charge in [-0.1, -0.05) is 37.6 Å². The van der Waals surface area contributed by atoms with Gasteiger partial charge in [-0.25, -0.2) is 8.42 Å². The first-order valence-electron chi connectivity index (χ1n) is 10.6. The number of sulfonamides is 1. The summed E-state index contributed by atoms with van der Waals surface area (Å²) in [5, 5.41) is 5.72. The fourth-order valence-corrected chi connectivity index (χ4v) is 5.82. The van der Waals surface area contributed by atoms with E-state index in [1.807, 2.05) is 0 Å². The summed E-state index contributed by atoms with van der Waals surface area (Å²) in [4.78, 5) is 24.5. The van der Waals surface area contributed by atoms with Crippen LogP contribution in [0.25, 0.3) is 0 Å². The summed E-state index contributed by atoms with van der Waals surface area (Å²) in [6, 6.07) is 12.8. The number of rotatable bonds is 7. The third-order valence-electron chi connectivity index (χ3n) is 5.37. The van der Waals surface area contributed by atoms with E-state index >= 15 is 0 Å². The van der Waals surface area contributed by atoms with Crippen LogP contribution in [0.1, 0.15) is 37.0 Å². The molecule has 1 heterocycles. The molecule has 1 saturated heterocycles. The predicted octanol–water partition coefficient (Wildman–Crippen LogP) is 3.77. The lowest BCUT2D eigenvalue weighted by Gasteiger charge is -2.34. The molecular weight excluding hydrogens is 450 g/mol. The Balaban J connectivity index is 1.52. The van der Waals surface area contributed by atoms with E-state index < -0.39 is 10.0 Å². The zero-order valence-electron chi connectivity index (χ0n) is 18.2. The average molecular weight is 478 g/mol. The zero-order valence-corrected chi connectivity index (χ0v) is 19.7. The summed E-state index contributed by atoms with van der Waals surface area (Å²) < 4.78 is 27.4. The van der Waals surface area contributed by atoms with E-state index in [9.17, 15) is 18.0 Å². The van der Waals surface area contributed by atoms with E-state index in [-0.39, 0.29) is 29.7 Å². The van der Waals surface area contributed by atoms with Crippen molar-refractivity contribution in [2.24, 2.45) is 11.8 Å². The van der Waals surface area contributed by atoms with Crippen molar-refractivity contribution >= 4 is 39.1 Å². The van der Waals surface area contributed by atoms with Crippen LogP contribution in [0.4, 0.5) is 5.69 Å². The monoisotopic (exact) mass is 477 g/mol. The van der Waals surface area contributed by atoms with Gasteiger partial charge in [0.05, 0.1) is 15.5 Å². The lowest BCUT2D eigenvalue weighted by Crippen LogP contribution is -2.42. The van der Waals surface area contributed by atoms with Crippen molar-refractivity contribution in [3.63, 3.8) is 0 Å². The molecule has 0 aliphatic carbocycles. The van der Waals surface area contributed by atoms with Gasteiger partial charge in [-0.15, -0.1) is 0 Å². The largest absolute Gasteiger partial charge is 0.351 e. The number of carbonyl (C=O) groups is 2. The number of hydrogen-bond donors (Lipinski definition) is 2. The minimum absolute atomic E-state index is 0.0692. The van der Waals surface area contributed by atoms with Gasteiger partial charge < -0.3 is 10.6 Å². The highest BCUT2D eigenvalue weighted by Crippen LogP contribution is 2.27. The fourth-order valence-electron chi connectivity index (χ4n) is 3.91. The number of halogens is 1. The normalized spacial score (nSPS) is 19.3. The number of carbonyl (C=O) groups excluding carboxylic acids is 2. The van der Waals surface area contributed by atoms with E-state index in [1.54, 1.807) is 40.7 Å². The van der Waals surface area contributed by atoms with E-state index in [4.69, 9.17) is 11.6 Å². The summed E-state index contributed by atoms with van der Waals surface area (Å²) in [6.45, 7) is 5.31. The second-order valence-electron chi connectivity index (χ2n) is 8.33. The summed E-state index contributed by atoms with van der Waals surface area (Å²) >= 11 is 5.99. The molecule has 0 spiro atoms. The van der Waals surface area contributed by atoms with Crippen molar-refractivity contribution in [1.82, 2.24) is 9.62 Å². The second-order valence-corrected chi connectivity index (χ2v) is 10.7. The topological polar surface area (TPSA) is 95.6 Å². The van der Waals surface area contributed by atoms with E-state index in [1.165, 1.54) is 12.1 Å². The number of benzene rings is 2. The quantitative estimate of drug-likeness (QED) is 0.634. The number of anilines is 1. The molecule has 32 heavy (non-hydrogen) atoms. The zero-order chi connectivity index (χ0) is 23.3. The van der Waals surface area contributed by atoms with E-state index in [0.29, 0.717) is 41.2 Å². The second kappa shape index (κ2) is 10.5. The van der Waals surface area contributed by atoms with Crippen LogP contribution in [0.3, 0.4) is 0 Å². The maximum Gasteiger partial charge on any atom is 0.252 e. The molecule has 1 fully saturated rings. The highest BCUT2D eigenvalue weighted by Gasteiger charge is 2.31. The van der Waals surface area contributed by atoms with E-state index in [2.05, 4.69) is 24.5 Å². The Labute approximate surface area is 194 Å². The van der Waals surface area contributed by atoms with Gasteiger partial charge >= 0.3 is 0 Å². The molecule has 3 rings (SSSR count). The van der Waals surface area contributed by atoms with Crippen molar-refractivity contribution in [2.45, 2.75) is 31.6 Å². The molecule has 1 aliphatic heterocycles. The van der Waals surface area contributed by atoms with Gasteiger partial charge in [0.25, 0.3) is 5.91 Å². The Bertz CT molecular complexity index is 1060. The van der Waals surface area contributed by atoms with Gasteiger partial charge in [0.1, 0.15) is 0 Å². The maximum absolute atomic E-state index is 12.9. The first-order valence-corrected chi connectivity index (χ1v) is 12.4. The molecule has 2 aromatic rings. The Hall–Kier alpha value is -2.42. The van der Waals surface area contributed by atoms with Crippen LogP contribution in [0.5, 0.6) is 0 Å². The Morgan fingerprint density at radius 1 is 1.03 bits per heavy atom. The SMILES string of the molecule is C[C@@H]1C[C@@H](C)CN(S(=O)(=O)c2ccc(NC(=O)CCNC(=O)c3ccccc3Cl)cc2)C1. The molecule has 0 aromatic heterocycles. The minimum atomic E-state index is -3.56. The Morgan fingerprint density at radius 3 is 2.28 bits per heavy atom. The van der Waals surface area contributed by atoms with Gasteiger partial charge in [0, 0.05) is 31.7 Å². The third kappa shape index (κ3) is 6.09. The summed E-state index contributed by atoms with van der Waals surface area (Å²) in [5.74, 6) is 0.00837. The van der Waals surface area contributed by atoms with Crippen LogP contribution in [-0.2, 0) is 14.8 Å². The molecule has 2 amide bonds. The summed E-state index contributed by atoms with van der Waals surface area (Å²) in [7, 11) is -3.56. The molecule has 0 bridgehead atoms. The van der Waals surface area contributed by atoms with Gasteiger partial charge in [-0.05, 0) is 54.7 Å². The van der Waals surface area contributed by atoms with Crippen molar-refractivity contribution in [1.29, 1.82) is 0 Å². The van der Waals surface area contributed by atoms with Crippen molar-refractivity contribution in [2.75, 3.05) is 25.0 Å². The number of piperidine rings is 1. The molecular formula is C23H28ClN3O4S. The van der Waals surface area contributed by atoms with Crippen LogP contribution in [0, 0.1) is 11.8 Å². The van der Waals surface area contributed by atoms with Crippen molar-refractivity contribution in [3.05, 3.63) is 59.1 Å². The number of nitrogens with zero attached hydrogens (tertiary/aromatic N) is 1. The van der Waals surface area contributed by atoms with Crippen LogP contribution in [-0.4, -0.2) is 44.2 Å². The Morgan fingerprint density at radius 2 is 1.66 bits per heavy atom. The Kier molecular flexibility index (Phi) is 7.92. The van der Waals surface area contributed by atoms with Gasteiger partial charge in [-0.2, -0.15) is 4.31 Å². The molecule has 2 aromatic carbocycles. The van der Waals surface area contributed by atoms with Crippen LogP contribution in [0.2, 0.25) is 5.02 Å². The molecule has 9 heteroatoms. The third-order valence-corrected chi connectivity index (χ3v) is 7.54. The summed E-state index contributed by atoms with van der Waals surface area (Å²) in [6.07, 6.45) is 1.09. The van der Waals surface area contributed by atoms with Gasteiger partial charge in [0.2, 0.25) is 15.9 Å². The molecule has 0 unspecified atom stereocenters. The van der Waals surface area contributed by atoms with Crippen LogP contribution >= 0.6 is 11.6 Å². The predicted molar refractivity (Wildman–Crippen MR) is 125 cm³/mol. The van der Waals surface area contributed by atoms with Crippen LogP contribution < -0.4 is 10.6 Å². The number of hydrogen-bond acceptors (Lipinski definition) is 4. The van der Waals surface area contributed by atoms with Crippen LogP contribution in [0.15, 0.2) is 53.4 Å². The smallest absolute Gasteiger partial charge is 0.252 e. The summed E-state index contributed by atoms with van der Waals surface area (Å²) in [5.41, 5.74) is 0.843. The van der Waals surface area contributed by atoms with Crippen molar-refractivity contribution < 1.29 is 18.0 Å². The van der Waals surface area contributed by atoms with Gasteiger partial charge in [-0.3, -0.25) is 9.59 Å². The first-order chi connectivity index (χ1) is 15.2. The molecule has 7 nitrogen and oxygen atoms in total. The molecule has 172 valence electrons. The van der Waals surface area contributed by atoms with E-state index in [0.717, 1.165) is 6.42 Å².